The molecule has 0 amide bonds. The Hall–Kier alpha value is -1.94. The highest BCUT2D eigenvalue weighted by atomic mass is 31.2. The summed E-state index contributed by atoms with van der Waals surface area (Å²) in [5.74, 6) is -1.41. The number of ether oxygens (including phenoxy) is 4. The van der Waals surface area contributed by atoms with Crippen LogP contribution in [0.15, 0.2) is 0 Å². The van der Waals surface area contributed by atoms with Crippen molar-refractivity contribution in [1.29, 1.82) is 0 Å². The number of hydrogen-bond donors (Lipinski definition) is 3. The fraction of sp³-hybridized carbons (Fsp3) is 0.949. The van der Waals surface area contributed by atoms with Crippen molar-refractivity contribution < 1.29 is 80.2 Å². The Bertz CT molecular complexity index is 1860. The Morgan fingerprint density at radius 2 is 0.474 bits per heavy atom. The maximum atomic E-state index is 13.1. The SMILES string of the molecule is CCCCCCCCCCCCCCCCCCCCCCCC(=O)O[C@H](COC(=O)CCCCCCCCCCCCCCCC)COP(=O)(O)OC[C@@H](O)COP(=O)(O)OC[C@@H](COC(=O)CCCCCCCCCC(C)C)OC(=O)CCCCCCCCCCCCCC. The van der Waals surface area contributed by atoms with Crippen LogP contribution < -0.4 is 0 Å². The van der Waals surface area contributed by atoms with Crippen LogP contribution in [0.5, 0.6) is 0 Å². The van der Waals surface area contributed by atoms with E-state index in [0.29, 0.717) is 31.6 Å². The van der Waals surface area contributed by atoms with Gasteiger partial charge in [-0.2, -0.15) is 0 Å². The minimum absolute atomic E-state index is 0.107. The number of rotatable bonds is 78. The first-order valence-corrected chi connectivity index (χ1v) is 43.6. The maximum Gasteiger partial charge on any atom is 0.472 e. The highest BCUT2D eigenvalue weighted by molar-refractivity contribution is 7.47. The second kappa shape index (κ2) is 71.1. The normalized spacial score (nSPS) is 13.9. The molecule has 0 fully saturated rings. The molecule has 0 aliphatic rings. The van der Waals surface area contributed by atoms with Gasteiger partial charge in [0, 0.05) is 25.7 Å². The van der Waals surface area contributed by atoms with E-state index in [1.807, 2.05) is 0 Å². The van der Waals surface area contributed by atoms with Gasteiger partial charge in [0.2, 0.25) is 0 Å². The third-order valence-corrected chi connectivity index (χ3v) is 20.2. The third kappa shape index (κ3) is 72.2. The second-order valence-electron chi connectivity index (χ2n) is 28.6. The topological polar surface area (TPSA) is 237 Å². The number of phosphoric ester groups is 2. The lowest BCUT2D eigenvalue weighted by atomic mass is 10.0. The van der Waals surface area contributed by atoms with E-state index in [2.05, 4.69) is 34.6 Å². The molecule has 576 valence electrons. The van der Waals surface area contributed by atoms with Gasteiger partial charge in [0.25, 0.3) is 0 Å². The molecule has 0 bridgehead atoms. The van der Waals surface area contributed by atoms with Gasteiger partial charge in [-0.25, -0.2) is 9.13 Å². The number of esters is 4. The Morgan fingerprint density at radius 3 is 0.701 bits per heavy atom. The summed E-state index contributed by atoms with van der Waals surface area (Å²) in [6, 6.07) is 0. The molecule has 2 unspecified atom stereocenters. The predicted molar refractivity (Wildman–Crippen MR) is 395 cm³/mol. The molecule has 0 spiro atoms. The number of hydrogen-bond acceptors (Lipinski definition) is 15. The van der Waals surface area contributed by atoms with Gasteiger partial charge in [-0.05, 0) is 31.6 Å². The zero-order chi connectivity index (χ0) is 71.2. The van der Waals surface area contributed by atoms with E-state index < -0.39 is 97.5 Å². The van der Waals surface area contributed by atoms with Gasteiger partial charge in [0.05, 0.1) is 26.4 Å². The van der Waals surface area contributed by atoms with E-state index >= 15 is 0 Å². The van der Waals surface area contributed by atoms with Crippen LogP contribution in [0.1, 0.15) is 413 Å². The summed E-state index contributed by atoms with van der Waals surface area (Å²) in [5.41, 5.74) is 0. The quantitative estimate of drug-likeness (QED) is 0.0222. The maximum absolute atomic E-state index is 13.1. The van der Waals surface area contributed by atoms with Gasteiger partial charge < -0.3 is 33.8 Å². The molecule has 0 aromatic carbocycles. The largest absolute Gasteiger partial charge is 0.472 e. The first-order valence-electron chi connectivity index (χ1n) is 40.6. The lowest BCUT2D eigenvalue weighted by molar-refractivity contribution is -0.161. The van der Waals surface area contributed by atoms with Crippen LogP contribution in [0.3, 0.4) is 0 Å². The molecule has 19 heteroatoms. The Labute approximate surface area is 594 Å². The van der Waals surface area contributed by atoms with Gasteiger partial charge >= 0.3 is 39.5 Å². The van der Waals surface area contributed by atoms with E-state index in [1.165, 1.54) is 231 Å². The van der Waals surface area contributed by atoms with Gasteiger partial charge in [0.1, 0.15) is 19.3 Å². The summed E-state index contributed by atoms with van der Waals surface area (Å²) in [5, 5.41) is 10.6. The van der Waals surface area contributed by atoms with Gasteiger partial charge in [0.15, 0.2) is 12.2 Å². The molecule has 97 heavy (non-hydrogen) atoms. The molecule has 0 aromatic heterocycles. The summed E-state index contributed by atoms with van der Waals surface area (Å²) in [7, 11) is -9.91. The van der Waals surface area contributed by atoms with E-state index in [0.717, 1.165) is 96.3 Å². The zero-order valence-corrected chi connectivity index (χ0v) is 65.0. The minimum Gasteiger partial charge on any atom is -0.462 e. The van der Waals surface area contributed by atoms with Crippen LogP contribution in [0.2, 0.25) is 0 Å². The van der Waals surface area contributed by atoms with Crippen LogP contribution in [0.25, 0.3) is 0 Å². The molecular weight excluding hydrogens is 1270 g/mol. The molecule has 0 saturated heterocycles. The summed E-state index contributed by atoms with van der Waals surface area (Å²) in [6.07, 6.45) is 61.2. The van der Waals surface area contributed by atoms with E-state index in [9.17, 15) is 43.2 Å². The second-order valence-corrected chi connectivity index (χ2v) is 31.5. The number of carbonyl (C=O) groups is 4. The predicted octanol–water partition coefficient (Wildman–Crippen LogP) is 23.3. The fourth-order valence-electron chi connectivity index (χ4n) is 12.1. The first-order chi connectivity index (χ1) is 47.0. The Morgan fingerprint density at radius 1 is 0.278 bits per heavy atom. The highest BCUT2D eigenvalue weighted by Crippen LogP contribution is 2.45. The fourth-order valence-corrected chi connectivity index (χ4v) is 13.6. The van der Waals surface area contributed by atoms with Crippen LogP contribution in [-0.2, 0) is 65.4 Å². The van der Waals surface area contributed by atoms with Crippen LogP contribution >= 0.6 is 15.6 Å². The zero-order valence-electron chi connectivity index (χ0n) is 63.2. The number of phosphoric acid groups is 2. The van der Waals surface area contributed by atoms with E-state index in [4.69, 9.17) is 37.0 Å². The number of aliphatic hydroxyl groups is 1. The Kier molecular flexibility index (Phi) is 69.6. The Balaban J connectivity index is 5.20. The van der Waals surface area contributed by atoms with E-state index in [-0.39, 0.29) is 25.7 Å². The third-order valence-electron chi connectivity index (χ3n) is 18.3. The van der Waals surface area contributed by atoms with Crippen molar-refractivity contribution >= 4 is 39.5 Å². The van der Waals surface area contributed by atoms with Crippen LogP contribution in [-0.4, -0.2) is 96.7 Å². The van der Waals surface area contributed by atoms with Crippen molar-refractivity contribution in [2.45, 2.75) is 432 Å². The summed E-state index contributed by atoms with van der Waals surface area (Å²) >= 11 is 0. The van der Waals surface area contributed by atoms with Crippen molar-refractivity contribution in [3.8, 4) is 0 Å². The van der Waals surface area contributed by atoms with Gasteiger partial charge in [-0.15, -0.1) is 0 Å². The van der Waals surface area contributed by atoms with E-state index in [1.54, 1.807) is 0 Å². The summed E-state index contributed by atoms with van der Waals surface area (Å²) in [6.45, 7) is 7.25. The molecule has 0 aliphatic heterocycles. The molecule has 0 aromatic rings. The van der Waals surface area contributed by atoms with Crippen molar-refractivity contribution in [3.05, 3.63) is 0 Å². The first kappa shape index (κ1) is 95.1. The van der Waals surface area contributed by atoms with Crippen LogP contribution in [0, 0.1) is 5.92 Å². The lowest BCUT2D eigenvalue weighted by Gasteiger charge is -2.21. The molecule has 5 atom stereocenters. The van der Waals surface area contributed by atoms with Crippen LogP contribution in [0.4, 0.5) is 0 Å². The number of unbranched alkanes of at least 4 members (excludes halogenated alkanes) is 50. The highest BCUT2D eigenvalue weighted by Gasteiger charge is 2.30. The molecule has 0 rings (SSSR count). The molecule has 0 heterocycles. The molecule has 3 N–H and O–H groups in total. The molecule has 17 nitrogen and oxygen atoms in total. The lowest BCUT2D eigenvalue weighted by Crippen LogP contribution is -2.30. The molecular formula is C78H152O17P2. The summed E-state index contributed by atoms with van der Waals surface area (Å²) in [4.78, 5) is 72.8. The summed E-state index contributed by atoms with van der Waals surface area (Å²) < 4.78 is 68.6. The minimum atomic E-state index is -4.96. The molecule has 0 saturated carbocycles. The average Bonchev–Trinajstić information content (AvgIpc) is 1.03. The number of aliphatic hydroxyl groups excluding tert-OH is 1. The average molecular weight is 1420 g/mol. The standard InChI is InChI=1S/C78H152O17P2/c1-6-9-12-15-18-21-24-27-29-30-31-32-33-34-35-37-40-43-48-54-59-64-78(83)94-73(67-88-75(80)61-56-51-46-41-39-36-28-25-22-19-16-13-10-7-2)69-92-96(84,85)90-65-72(79)66-91-97(86,87)93-70-74(68-89-76(81)62-57-52-49-44-45-50-55-60-71(4)5)95-77(82)63-58-53-47-42-38-26-23-20-17-14-11-8-3/h71-74,79H,6-70H2,1-5H3,(H,84,85)(H,86,87)/t72-,73-,74-/m1/s1. The molecule has 0 radical (unpaired) electrons. The van der Waals surface area contributed by atoms with Crippen molar-refractivity contribution in [3.63, 3.8) is 0 Å². The monoisotopic (exact) mass is 1420 g/mol. The van der Waals surface area contributed by atoms with Crippen molar-refractivity contribution in [2.75, 3.05) is 39.6 Å². The van der Waals surface area contributed by atoms with Gasteiger partial charge in [-0.3, -0.25) is 37.3 Å². The van der Waals surface area contributed by atoms with Crippen molar-refractivity contribution in [2.24, 2.45) is 5.92 Å². The number of carbonyl (C=O) groups excluding carboxylic acids is 4. The van der Waals surface area contributed by atoms with Gasteiger partial charge in [-0.1, -0.05) is 362 Å². The van der Waals surface area contributed by atoms with Crippen molar-refractivity contribution in [1.82, 2.24) is 0 Å². The smallest absolute Gasteiger partial charge is 0.462 e. The molecule has 0 aliphatic carbocycles.